The second-order valence-electron chi connectivity index (χ2n) is 4.07. The van der Waals surface area contributed by atoms with Crippen LogP contribution in [0.2, 0.25) is 0 Å². The summed E-state index contributed by atoms with van der Waals surface area (Å²) >= 11 is 0. The van der Waals surface area contributed by atoms with Gasteiger partial charge in [0.15, 0.2) is 0 Å². The number of sulfonamides is 1. The number of rotatable bonds is 3. The van der Waals surface area contributed by atoms with Gasteiger partial charge in [-0.1, -0.05) is 0 Å². The topological polar surface area (TPSA) is 95.1 Å². The van der Waals surface area contributed by atoms with Crippen LogP contribution in [0.15, 0.2) is 17.3 Å². The van der Waals surface area contributed by atoms with Crippen molar-refractivity contribution in [1.82, 2.24) is 14.9 Å². The first-order valence-electron chi connectivity index (χ1n) is 5.27. The van der Waals surface area contributed by atoms with Gasteiger partial charge in [-0.05, 0) is 25.7 Å². The van der Waals surface area contributed by atoms with Crippen LogP contribution in [0.25, 0.3) is 0 Å². The van der Waals surface area contributed by atoms with Gasteiger partial charge >= 0.3 is 0 Å². The van der Waals surface area contributed by atoms with E-state index in [0.29, 0.717) is 6.42 Å². The SMILES string of the molecule is O=S(=O)(NC1CCCC(O)C1)c1cn[nH]c1. The van der Waals surface area contributed by atoms with E-state index < -0.39 is 16.1 Å². The molecule has 0 saturated heterocycles. The first-order chi connectivity index (χ1) is 7.58. The second kappa shape index (κ2) is 4.52. The Morgan fingerprint density at radius 2 is 2.31 bits per heavy atom. The lowest BCUT2D eigenvalue weighted by Gasteiger charge is -2.26. The van der Waals surface area contributed by atoms with E-state index >= 15 is 0 Å². The summed E-state index contributed by atoms with van der Waals surface area (Å²) in [6.07, 6.45) is 5.06. The summed E-state index contributed by atoms with van der Waals surface area (Å²) in [7, 11) is -3.49. The minimum Gasteiger partial charge on any atom is -0.393 e. The zero-order valence-electron chi connectivity index (χ0n) is 8.76. The standard InChI is InChI=1S/C9H15N3O3S/c13-8-3-1-2-7(4-8)12-16(14,15)9-5-10-11-6-9/h5-8,12-13H,1-4H2,(H,10,11). The van der Waals surface area contributed by atoms with Crippen LogP contribution in [0.4, 0.5) is 0 Å². The predicted octanol–water partition coefficient (Wildman–Crippen LogP) is -0.00850. The Morgan fingerprint density at radius 3 is 2.94 bits per heavy atom. The highest BCUT2D eigenvalue weighted by Crippen LogP contribution is 2.20. The molecule has 16 heavy (non-hydrogen) atoms. The van der Waals surface area contributed by atoms with Gasteiger partial charge in [-0.25, -0.2) is 13.1 Å². The van der Waals surface area contributed by atoms with Gasteiger partial charge in [-0.3, -0.25) is 5.10 Å². The van der Waals surface area contributed by atoms with E-state index in [4.69, 9.17) is 0 Å². The first-order valence-corrected chi connectivity index (χ1v) is 6.75. The lowest BCUT2D eigenvalue weighted by atomic mass is 9.94. The average Bonchev–Trinajstić information content (AvgIpc) is 2.69. The minimum absolute atomic E-state index is 0.132. The summed E-state index contributed by atoms with van der Waals surface area (Å²) in [6, 6.07) is -0.177. The van der Waals surface area contributed by atoms with Gasteiger partial charge in [0.05, 0.1) is 12.3 Å². The van der Waals surface area contributed by atoms with Crippen molar-refractivity contribution in [2.24, 2.45) is 0 Å². The Balaban J connectivity index is 2.04. The first kappa shape index (κ1) is 11.6. The molecule has 2 atom stereocenters. The maximum atomic E-state index is 11.8. The summed E-state index contributed by atoms with van der Waals surface area (Å²) in [6.45, 7) is 0. The van der Waals surface area contributed by atoms with Gasteiger partial charge in [0.1, 0.15) is 4.90 Å². The number of aliphatic hydroxyl groups is 1. The number of H-pyrrole nitrogens is 1. The molecule has 1 aliphatic rings. The highest BCUT2D eigenvalue weighted by Gasteiger charge is 2.25. The number of aromatic nitrogens is 2. The van der Waals surface area contributed by atoms with Gasteiger partial charge in [-0.15, -0.1) is 0 Å². The van der Waals surface area contributed by atoms with Crippen molar-refractivity contribution in [3.05, 3.63) is 12.4 Å². The molecule has 6 nitrogen and oxygen atoms in total. The van der Waals surface area contributed by atoms with E-state index in [0.717, 1.165) is 19.3 Å². The van der Waals surface area contributed by atoms with E-state index in [1.54, 1.807) is 0 Å². The second-order valence-corrected chi connectivity index (χ2v) is 5.79. The molecular weight excluding hydrogens is 230 g/mol. The van der Waals surface area contributed by atoms with Gasteiger partial charge in [0.2, 0.25) is 10.0 Å². The van der Waals surface area contributed by atoms with Crippen LogP contribution in [0.5, 0.6) is 0 Å². The smallest absolute Gasteiger partial charge is 0.243 e. The maximum Gasteiger partial charge on any atom is 0.243 e. The third-order valence-corrected chi connectivity index (χ3v) is 4.24. The average molecular weight is 245 g/mol. The fraction of sp³-hybridized carbons (Fsp3) is 0.667. The molecular formula is C9H15N3O3S. The van der Waals surface area contributed by atoms with Crippen molar-refractivity contribution in [3.63, 3.8) is 0 Å². The summed E-state index contributed by atoms with van der Waals surface area (Å²) in [5, 5.41) is 15.5. The zero-order valence-corrected chi connectivity index (χ0v) is 9.57. The maximum absolute atomic E-state index is 11.8. The van der Waals surface area contributed by atoms with Crippen LogP contribution in [0, 0.1) is 0 Å². The quantitative estimate of drug-likeness (QED) is 0.698. The predicted molar refractivity (Wildman–Crippen MR) is 57.2 cm³/mol. The largest absolute Gasteiger partial charge is 0.393 e. The molecule has 2 rings (SSSR count). The monoisotopic (exact) mass is 245 g/mol. The number of nitrogens with one attached hydrogen (secondary N) is 2. The number of nitrogens with zero attached hydrogens (tertiary/aromatic N) is 1. The summed E-state index contributed by atoms with van der Waals surface area (Å²) < 4.78 is 26.2. The molecule has 3 N–H and O–H groups in total. The molecule has 7 heteroatoms. The Kier molecular flexibility index (Phi) is 3.27. The molecule has 0 aliphatic heterocycles. The van der Waals surface area contributed by atoms with Crippen LogP contribution in [0.1, 0.15) is 25.7 Å². The Labute approximate surface area is 94.1 Å². The number of hydrogen-bond donors (Lipinski definition) is 3. The molecule has 0 radical (unpaired) electrons. The number of aromatic amines is 1. The zero-order chi connectivity index (χ0) is 11.6. The molecule has 1 aliphatic carbocycles. The molecule has 0 aromatic carbocycles. The van der Waals surface area contributed by atoms with Gasteiger partial charge in [0, 0.05) is 12.2 Å². The summed E-state index contributed by atoms with van der Waals surface area (Å²) in [4.78, 5) is 0.132. The normalized spacial score (nSPS) is 26.8. The molecule has 0 bridgehead atoms. The van der Waals surface area contributed by atoms with Crippen LogP contribution < -0.4 is 4.72 Å². The van der Waals surface area contributed by atoms with Gasteiger partial charge in [-0.2, -0.15) is 5.10 Å². The molecule has 1 aromatic heterocycles. The van der Waals surface area contributed by atoms with Crippen molar-refractivity contribution in [2.45, 2.75) is 42.7 Å². The van der Waals surface area contributed by atoms with Crippen molar-refractivity contribution in [3.8, 4) is 0 Å². The van der Waals surface area contributed by atoms with Gasteiger partial charge in [0.25, 0.3) is 0 Å². The molecule has 1 saturated carbocycles. The fourth-order valence-corrected chi connectivity index (χ4v) is 3.13. The van der Waals surface area contributed by atoms with E-state index in [9.17, 15) is 13.5 Å². The van der Waals surface area contributed by atoms with E-state index in [1.165, 1.54) is 12.4 Å². The number of hydrogen-bond acceptors (Lipinski definition) is 4. The van der Waals surface area contributed by atoms with E-state index in [-0.39, 0.29) is 10.9 Å². The number of aliphatic hydroxyl groups excluding tert-OH is 1. The van der Waals surface area contributed by atoms with Crippen LogP contribution in [-0.2, 0) is 10.0 Å². The van der Waals surface area contributed by atoms with Crippen molar-refractivity contribution < 1.29 is 13.5 Å². The Bertz CT molecular complexity index is 429. The lowest BCUT2D eigenvalue weighted by molar-refractivity contribution is 0.117. The summed E-state index contributed by atoms with van der Waals surface area (Å²) in [5.74, 6) is 0. The van der Waals surface area contributed by atoms with Crippen LogP contribution in [0.3, 0.4) is 0 Å². The highest BCUT2D eigenvalue weighted by molar-refractivity contribution is 7.89. The fourth-order valence-electron chi connectivity index (χ4n) is 1.94. The third kappa shape index (κ3) is 2.60. The highest BCUT2D eigenvalue weighted by atomic mass is 32.2. The van der Waals surface area contributed by atoms with E-state index in [2.05, 4.69) is 14.9 Å². The molecule has 1 heterocycles. The Morgan fingerprint density at radius 1 is 1.50 bits per heavy atom. The van der Waals surface area contributed by atoms with Crippen molar-refractivity contribution >= 4 is 10.0 Å². The molecule has 1 aromatic rings. The molecule has 90 valence electrons. The third-order valence-electron chi connectivity index (χ3n) is 2.75. The van der Waals surface area contributed by atoms with Crippen LogP contribution in [-0.4, -0.2) is 35.9 Å². The van der Waals surface area contributed by atoms with Crippen molar-refractivity contribution in [2.75, 3.05) is 0 Å². The lowest BCUT2D eigenvalue weighted by Crippen LogP contribution is -2.39. The Hall–Kier alpha value is -0.920. The molecule has 0 amide bonds. The van der Waals surface area contributed by atoms with E-state index in [1.807, 2.05) is 0 Å². The molecule has 0 spiro atoms. The summed E-state index contributed by atoms with van der Waals surface area (Å²) in [5.41, 5.74) is 0. The van der Waals surface area contributed by atoms with Crippen molar-refractivity contribution in [1.29, 1.82) is 0 Å². The van der Waals surface area contributed by atoms with Crippen LogP contribution >= 0.6 is 0 Å². The minimum atomic E-state index is -3.49. The molecule has 1 fully saturated rings. The van der Waals surface area contributed by atoms with Gasteiger partial charge < -0.3 is 5.11 Å². The molecule has 2 unspecified atom stereocenters.